The lowest BCUT2D eigenvalue weighted by molar-refractivity contribution is -0.210. The van der Waals surface area contributed by atoms with E-state index in [1.54, 1.807) is 14.2 Å². The molecule has 11 heteroatoms. The number of methoxy groups -OCH3 is 2. The van der Waals surface area contributed by atoms with Crippen molar-refractivity contribution in [1.29, 1.82) is 0 Å². The number of carbonyl (C=O) groups is 2. The molecule has 0 N–H and O–H groups in total. The average Bonchev–Trinajstić information content (AvgIpc) is 3.71. The van der Waals surface area contributed by atoms with Crippen molar-refractivity contribution in [2.24, 2.45) is 34.5 Å². The number of alkyl halides is 3. The van der Waals surface area contributed by atoms with Crippen LogP contribution in [0.1, 0.15) is 56.7 Å². The second-order valence-corrected chi connectivity index (χ2v) is 15.2. The van der Waals surface area contributed by atoms with Crippen LogP contribution in [-0.4, -0.2) is 64.5 Å². The molecule has 0 aromatic heterocycles. The number of halogens is 3. The molecule has 7 rings (SSSR count). The predicted octanol–water partition coefficient (Wildman–Crippen LogP) is 4.75. The first-order valence-electron chi connectivity index (χ1n) is 14.7. The molecule has 0 unspecified atom stereocenters. The lowest BCUT2D eigenvalue weighted by Gasteiger charge is -2.44. The minimum absolute atomic E-state index is 0.0327. The number of rotatable bonds is 6. The third-order valence-corrected chi connectivity index (χ3v) is 14.4. The van der Waals surface area contributed by atoms with Gasteiger partial charge in [-0.1, -0.05) is 26.0 Å². The number of esters is 1. The Morgan fingerprint density at radius 3 is 2.50 bits per heavy atom. The Balaban J connectivity index is 1.29. The number of fused-ring (bicyclic) bond motifs is 11. The average molecular weight is 608 g/mol. The lowest BCUT2D eigenvalue weighted by Crippen LogP contribution is -2.55. The van der Waals surface area contributed by atoms with Gasteiger partial charge in [0.2, 0.25) is 5.91 Å². The summed E-state index contributed by atoms with van der Waals surface area (Å²) in [7, 11) is 1.43. The molecule has 4 aliphatic carbocycles. The molecule has 3 saturated carbocycles. The van der Waals surface area contributed by atoms with Crippen LogP contribution in [0.15, 0.2) is 24.3 Å². The number of hydrogen-bond donors (Lipinski definition) is 0. The third-order valence-electron chi connectivity index (χ3n) is 12.1. The fourth-order valence-corrected chi connectivity index (χ4v) is 12.8. The Labute approximate surface area is 245 Å². The number of allylic oxidation sites excluding steroid dienone is 2. The molecule has 42 heavy (non-hydrogen) atoms. The molecule has 7 nitrogen and oxygen atoms in total. The highest BCUT2D eigenvalue weighted by Crippen LogP contribution is 2.70. The fraction of sp³-hybridized carbons (Fsp3) is 0.677. The number of amides is 1. The summed E-state index contributed by atoms with van der Waals surface area (Å²) in [6, 6.07) is 3.63. The summed E-state index contributed by atoms with van der Waals surface area (Å²) in [6.07, 6.45) is 1.02. The molecule has 2 aliphatic heterocycles. The molecule has 4 bridgehead atoms. The Hall–Kier alpha value is -2.56. The SMILES string of the molecule is COc1cc2c(cc1OC)[C@H]1[C@@H]3[C@@H]4C=C[C@@H](C4)[C@]3([S@](=O)C[C@]34CC[C@H](C[C@H]3OC(=O)C(F)(F)F)C4(C)C)C(=O)N1CC2. The zero-order valence-electron chi connectivity index (χ0n) is 24.2. The fourth-order valence-electron chi connectivity index (χ4n) is 9.94. The van der Waals surface area contributed by atoms with Gasteiger partial charge in [-0.3, -0.25) is 9.00 Å². The normalized spacial score (nSPS) is 39.2. The van der Waals surface area contributed by atoms with E-state index in [1.807, 2.05) is 37.0 Å². The highest BCUT2D eigenvalue weighted by Gasteiger charge is 2.75. The molecule has 0 spiro atoms. The molecule has 1 aromatic rings. The van der Waals surface area contributed by atoms with Crippen LogP contribution in [0, 0.1) is 34.5 Å². The maximum Gasteiger partial charge on any atom is 0.490 e. The largest absolute Gasteiger partial charge is 0.493 e. The van der Waals surface area contributed by atoms with E-state index in [0.717, 1.165) is 24.0 Å². The Morgan fingerprint density at radius 2 is 1.83 bits per heavy atom. The summed E-state index contributed by atoms with van der Waals surface area (Å²) in [4.78, 5) is 28.5. The van der Waals surface area contributed by atoms with Crippen molar-refractivity contribution in [1.82, 2.24) is 4.90 Å². The van der Waals surface area contributed by atoms with Crippen LogP contribution in [0.2, 0.25) is 0 Å². The minimum Gasteiger partial charge on any atom is -0.493 e. The van der Waals surface area contributed by atoms with Gasteiger partial charge in [0.25, 0.3) is 0 Å². The highest BCUT2D eigenvalue weighted by molar-refractivity contribution is 7.87. The van der Waals surface area contributed by atoms with Crippen molar-refractivity contribution in [3.63, 3.8) is 0 Å². The summed E-state index contributed by atoms with van der Waals surface area (Å²) in [5.41, 5.74) is 0.647. The van der Waals surface area contributed by atoms with E-state index < -0.39 is 44.6 Å². The van der Waals surface area contributed by atoms with Crippen LogP contribution in [0.5, 0.6) is 11.5 Å². The Morgan fingerprint density at radius 1 is 1.12 bits per heavy atom. The van der Waals surface area contributed by atoms with E-state index in [1.165, 1.54) is 0 Å². The number of benzene rings is 1. The zero-order chi connectivity index (χ0) is 30.0. The zero-order valence-corrected chi connectivity index (χ0v) is 25.0. The number of hydrogen-bond acceptors (Lipinski definition) is 6. The van der Waals surface area contributed by atoms with Crippen LogP contribution in [-0.2, 0) is 31.5 Å². The van der Waals surface area contributed by atoms with Crippen LogP contribution in [0.3, 0.4) is 0 Å². The number of ether oxygens (including phenoxy) is 3. The van der Waals surface area contributed by atoms with Gasteiger partial charge in [-0.2, -0.15) is 13.2 Å². The van der Waals surface area contributed by atoms with Crippen LogP contribution >= 0.6 is 0 Å². The molecule has 1 aromatic carbocycles. The van der Waals surface area contributed by atoms with Gasteiger partial charge >= 0.3 is 12.1 Å². The molecule has 4 fully saturated rings. The molecule has 228 valence electrons. The summed E-state index contributed by atoms with van der Waals surface area (Å²) in [5, 5.41) is 0. The van der Waals surface area contributed by atoms with Gasteiger partial charge in [-0.25, -0.2) is 4.79 Å². The molecular weight excluding hydrogens is 571 g/mol. The van der Waals surface area contributed by atoms with Crippen LogP contribution in [0.25, 0.3) is 0 Å². The molecular formula is C31H36F3NO6S. The first-order valence-corrected chi connectivity index (χ1v) is 16.0. The van der Waals surface area contributed by atoms with E-state index in [2.05, 4.69) is 6.08 Å². The number of carbonyl (C=O) groups excluding carboxylic acids is 2. The van der Waals surface area contributed by atoms with E-state index in [4.69, 9.17) is 14.2 Å². The van der Waals surface area contributed by atoms with Gasteiger partial charge < -0.3 is 19.1 Å². The molecule has 6 aliphatic rings. The van der Waals surface area contributed by atoms with Gasteiger partial charge in [0.1, 0.15) is 10.9 Å². The van der Waals surface area contributed by atoms with Crippen molar-refractivity contribution >= 4 is 22.7 Å². The van der Waals surface area contributed by atoms with Crippen molar-refractivity contribution in [3.05, 3.63) is 35.4 Å². The quantitative estimate of drug-likeness (QED) is 0.343. The van der Waals surface area contributed by atoms with Gasteiger partial charge in [0.15, 0.2) is 11.5 Å². The van der Waals surface area contributed by atoms with Crippen LogP contribution in [0.4, 0.5) is 13.2 Å². The van der Waals surface area contributed by atoms with E-state index in [0.29, 0.717) is 37.3 Å². The minimum atomic E-state index is -5.10. The van der Waals surface area contributed by atoms with Crippen molar-refractivity contribution in [3.8, 4) is 11.5 Å². The van der Waals surface area contributed by atoms with Gasteiger partial charge in [0.05, 0.1) is 20.3 Å². The van der Waals surface area contributed by atoms with E-state index in [9.17, 15) is 22.8 Å². The van der Waals surface area contributed by atoms with Crippen molar-refractivity contribution in [2.45, 2.75) is 69.0 Å². The first kappa shape index (κ1) is 28.2. The monoisotopic (exact) mass is 607 g/mol. The third kappa shape index (κ3) is 3.37. The first-order chi connectivity index (χ1) is 19.8. The van der Waals surface area contributed by atoms with E-state index in [-0.39, 0.29) is 41.4 Å². The summed E-state index contributed by atoms with van der Waals surface area (Å²) in [6.45, 7) is 4.48. The topological polar surface area (TPSA) is 82.1 Å². The second kappa shape index (κ2) is 8.99. The van der Waals surface area contributed by atoms with Gasteiger partial charge in [-0.15, -0.1) is 0 Å². The highest BCUT2D eigenvalue weighted by atomic mass is 32.2. The van der Waals surface area contributed by atoms with Gasteiger partial charge in [-0.05, 0) is 72.6 Å². The predicted molar refractivity (Wildman–Crippen MR) is 147 cm³/mol. The van der Waals surface area contributed by atoms with Crippen molar-refractivity contribution in [2.75, 3.05) is 26.5 Å². The Kier molecular flexibility index (Phi) is 6.04. The molecule has 0 radical (unpaired) electrons. The maximum atomic E-state index is 15.0. The molecule has 9 atom stereocenters. The lowest BCUT2D eigenvalue weighted by atomic mass is 9.69. The summed E-state index contributed by atoms with van der Waals surface area (Å²) >= 11 is 0. The van der Waals surface area contributed by atoms with Gasteiger partial charge in [0, 0.05) is 40.3 Å². The maximum absolute atomic E-state index is 15.0. The molecule has 2 heterocycles. The summed E-state index contributed by atoms with van der Waals surface area (Å²) in [5.74, 6) is -1.46. The van der Waals surface area contributed by atoms with E-state index >= 15 is 4.21 Å². The second-order valence-electron chi connectivity index (χ2n) is 13.5. The van der Waals surface area contributed by atoms with Crippen molar-refractivity contribution < 1.29 is 41.2 Å². The molecule has 1 amide bonds. The molecule has 1 saturated heterocycles. The summed E-state index contributed by atoms with van der Waals surface area (Å²) < 4.78 is 70.0. The smallest absolute Gasteiger partial charge is 0.490 e. The number of nitrogens with zero attached hydrogens (tertiary/aromatic N) is 1. The van der Waals surface area contributed by atoms with Crippen LogP contribution < -0.4 is 9.47 Å². The Bertz CT molecular complexity index is 1430. The standard InChI is InChI=1S/C31H36F3NO6S/c1-28(2)18-7-9-29(28,23(13-18)41-27(37)31(32,33)34)15-42(38)30-19-6-5-17(11-19)24(30)25-20-14-22(40-4)21(39-3)12-16(20)8-10-35(25)26(30)36/h5-6,12,14,17-19,23-25H,7-11,13,15H2,1-4H3/t17-,18-,19+,23-,24+,25+,29-,30-,42-/m1/s1.